The zero-order chi connectivity index (χ0) is 2.71. The quantitative estimate of drug-likeness (QED) is 0.463. The van der Waals surface area contributed by atoms with E-state index in [4.69, 9.17) is 5.11 Å². The van der Waals surface area contributed by atoms with E-state index in [-0.39, 0.29) is 36.5 Å². The van der Waals surface area contributed by atoms with Gasteiger partial charge in [0.05, 0.1) is 0 Å². The van der Waals surface area contributed by atoms with E-state index < -0.39 is 0 Å². The third-order valence-electron chi connectivity index (χ3n) is 0. The number of aliphatic hydroxyl groups is 1. The van der Waals surface area contributed by atoms with Crippen LogP contribution in [0.1, 0.15) is 0 Å². The Morgan fingerprint density at radius 1 is 1.60 bits per heavy atom. The van der Waals surface area contributed by atoms with Crippen LogP contribution in [-0.4, -0.2) is 26.9 Å². The Morgan fingerprint density at radius 2 is 1.60 bits per heavy atom. The van der Waals surface area contributed by atoms with Crippen molar-refractivity contribution in [3.8, 4) is 0 Å². The van der Waals surface area contributed by atoms with Gasteiger partial charge in [-0.05, 0) is 5.47 Å². The molecule has 0 aromatic carbocycles. The molecule has 0 aromatic heterocycles. The molecule has 0 rings (SSSR count). The summed E-state index contributed by atoms with van der Waals surface area (Å²) < 4.78 is 0. The normalized spacial score (nSPS) is 3.40. The summed E-state index contributed by atoms with van der Waals surface area (Å²) in [5, 5.41) is 7.63. The molecule has 0 unspecified atom stereocenters. The monoisotopic (exact) mass is 187 g/mol. The van der Waals surface area contributed by atoms with Crippen LogP contribution in [0.2, 0.25) is 0 Å². The minimum absolute atomic E-state index is 0. The maximum absolute atomic E-state index is 7.63. The van der Waals surface area contributed by atoms with Crippen molar-refractivity contribution < 1.29 is 41.7 Å². The van der Waals surface area contributed by atoms with Crippen molar-refractivity contribution in [2.75, 3.05) is 5.47 Å². The minimum Gasteiger partial charge on any atom is -0.412 e. The van der Waals surface area contributed by atoms with Crippen LogP contribution < -0.4 is 0 Å². The Kier molecular flexibility index (Phi) is 55.6. The Morgan fingerprint density at radius 3 is 1.60 bits per heavy atom. The molecule has 1 radical (unpaired) electrons. The van der Waals surface area contributed by atoms with Gasteiger partial charge in [-0.25, -0.2) is 0 Å². The molecule has 0 aliphatic carbocycles. The molecule has 0 amide bonds. The fraction of sp³-hybridized carbons (Fsp3) is 1.00. The second-order valence-corrected chi connectivity index (χ2v) is 0.949. The van der Waals surface area contributed by atoms with Gasteiger partial charge in [-0.15, -0.1) is 0 Å². The van der Waals surface area contributed by atoms with Gasteiger partial charge in [-0.3, -0.25) is 0 Å². The first-order chi connectivity index (χ1) is 1.41. The first kappa shape index (κ1) is 15.9. The van der Waals surface area contributed by atoms with Gasteiger partial charge in [0.25, 0.3) is 16.3 Å². The molecule has 0 spiro atoms. The molecule has 1 N–H and O–H groups in total. The third-order valence-corrected chi connectivity index (χ3v) is 0. The second-order valence-electron chi connectivity index (χ2n) is 0.316. The largest absolute Gasteiger partial charge is 0.412 e. The summed E-state index contributed by atoms with van der Waals surface area (Å²) in [6.45, 7) is 0. The molecule has 0 aliphatic heterocycles. The van der Waals surface area contributed by atoms with Crippen molar-refractivity contribution in [3.63, 3.8) is 0 Å². The molecule has 0 atom stereocenters. The predicted molar refractivity (Wildman–Crippen MR) is 15.6 cm³/mol. The van der Waals surface area contributed by atoms with Crippen molar-refractivity contribution in [2.45, 2.75) is 0 Å². The molecule has 0 bridgehead atoms. The van der Waals surface area contributed by atoms with E-state index in [0.29, 0.717) is 5.47 Å². The molecule has 0 fully saturated rings. The molecule has 0 aliphatic rings. The van der Waals surface area contributed by atoms with E-state index >= 15 is 0 Å². The topological polar surface area (TPSA) is 20.2 Å². The number of hydrogen-bond acceptors (Lipinski definition) is 1. The van der Waals surface area contributed by atoms with Gasteiger partial charge < -0.3 is 5.11 Å². The van der Waals surface area contributed by atoms with Crippen molar-refractivity contribution in [2.24, 2.45) is 0 Å². The molecule has 31 valence electrons. The van der Waals surface area contributed by atoms with Crippen LogP contribution in [0.4, 0.5) is 0 Å². The van der Waals surface area contributed by atoms with E-state index in [9.17, 15) is 0 Å². The summed E-state index contributed by atoms with van der Waals surface area (Å²) in [6, 6.07) is 0. The fourth-order valence-corrected chi connectivity index (χ4v) is 0. The summed E-state index contributed by atoms with van der Waals surface area (Å²) >= 11 is 0.924. The average Bonchev–Trinajstić information content (AvgIpc) is 0.918. The zero-order valence-corrected chi connectivity index (χ0v) is 9.07. The van der Waals surface area contributed by atoms with Gasteiger partial charge in [-0.1, -0.05) is 0 Å². The Hall–Kier alpha value is 1.64. The molecule has 0 aromatic rings. The van der Waals surface area contributed by atoms with Gasteiger partial charge in [-0.2, -0.15) is 0 Å². The van der Waals surface area contributed by atoms with Crippen LogP contribution >= 0.6 is 0 Å². The zero-order valence-electron chi connectivity index (χ0n) is 3.16. The summed E-state index contributed by atoms with van der Waals surface area (Å²) in [5.41, 5.74) is 0.389. The Bertz CT molecular complexity index is 11.6. The van der Waals surface area contributed by atoms with Crippen molar-refractivity contribution in [1.29, 1.82) is 0 Å². The smallest absolute Gasteiger partial charge is 0.253 e. The van der Waals surface area contributed by atoms with Gasteiger partial charge >= 0.3 is 0 Å². The second kappa shape index (κ2) is 17.4. The molecule has 4 heteroatoms. The van der Waals surface area contributed by atoms with E-state index in [2.05, 4.69) is 0 Å². The van der Waals surface area contributed by atoms with Crippen LogP contribution in [0.5, 0.6) is 0 Å². The SMILES string of the molecule is O[CH2][AlH2].[Cu].[Zn]. The van der Waals surface area contributed by atoms with E-state index in [1.807, 2.05) is 0 Å². The Balaban J connectivity index is -0.0000000200. The number of rotatable bonds is 0. The molecular weight excluding hydrogens is 184 g/mol. The van der Waals surface area contributed by atoms with Gasteiger partial charge in [0, 0.05) is 36.5 Å². The van der Waals surface area contributed by atoms with Gasteiger partial charge in [0.2, 0.25) is 0 Å². The molecule has 0 saturated carbocycles. The minimum atomic E-state index is 0. The molecule has 1 nitrogen and oxygen atoms in total. The maximum Gasteiger partial charge on any atom is 0.253 e. The first-order valence-electron chi connectivity index (χ1n) is 1.02. The van der Waals surface area contributed by atoms with E-state index in [1.165, 1.54) is 0 Å². The van der Waals surface area contributed by atoms with Crippen LogP contribution in [0.25, 0.3) is 0 Å². The van der Waals surface area contributed by atoms with Crippen LogP contribution in [0.15, 0.2) is 0 Å². The summed E-state index contributed by atoms with van der Waals surface area (Å²) in [4.78, 5) is 0. The van der Waals surface area contributed by atoms with E-state index in [0.717, 1.165) is 16.3 Å². The molecular formula is CH5AlCuOZn. The number of hydrogen-bond donors (Lipinski definition) is 1. The van der Waals surface area contributed by atoms with Crippen molar-refractivity contribution >= 4 is 16.3 Å². The molecule has 5 heavy (non-hydrogen) atoms. The summed E-state index contributed by atoms with van der Waals surface area (Å²) in [5.74, 6) is 0. The van der Waals surface area contributed by atoms with Gasteiger partial charge in [0.15, 0.2) is 0 Å². The van der Waals surface area contributed by atoms with Crippen LogP contribution in [0.3, 0.4) is 0 Å². The summed E-state index contributed by atoms with van der Waals surface area (Å²) in [6.07, 6.45) is 0. The van der Waals surface area contributed by atoms with Crippen molar-refractivity contribution in [1.82, 2.24) is 0 Å². The summed E-state index contributed by atoms with van der Waals surface area (Å²) in [7, 11) is 0. The third kappa shape index (κ3) is 27.8. The predicted octanol–water partition coefficient (Wildman–Crippen LogP) is -1.44. The molecule has 0 heterocycles. The first-order valence-corrected chi connectivity index (χ1v) is 2.44. The number of aliphatic hydroxyl groups excluding tert-OH is 1. The average molecular weight is 189 g/mol. The van der Waals surface area contributed by atoms with Crippen LogP contribution in [-0.2, 0) is 36.5 Å². The van der Waals surface area contributed by atoms with E-state index in [1.54, 1.807) is 0 Å². The maximum atomic E-state index is 7.63. The fourth-order valence-electron chi connectivity index (χ4n) is 0. The standard InChI is InChI=1S/CH3O.Al.Cu.Zn.2H/c1-2;;;;;/h2H,1H2;;;;;. The molecule has 0 saturated heterocycles. The van der Waals surface area contributed by atoms with Crippen molar-refractivity contribution in [3.05, 3.63) is 0 Å². The van der Waals surface area contributed by atoms with Crippen LogP contribution in [0, 0.1) is 0 Å². The van der Waals surface area contributed by atoms with Gasteiger partial charge in [0.1, 0.15) is 0 Å². The Labute approximate surface area is 63.2 Å².